The first-order valence-corrected chi connectivity index (χ1v) is 11.7. The quantitative estimate of drug-likeness (QED) is 0.206. The van der Waals surface area contributed by atoms with Gasteiger partial charge in [0, 0.05) is 5.54 Å². The van der Waals surface area contributed by atoms with Crippen LogP contribution in [0, 0.1) is 5.41 Å². The van der Waals surface area contributed by atoms with Crippen LogP contribution in [0.1, 0.15) is 62.3 Å². The van der Waals surface area contributed by atoms with Gasteiger partial charge in [-0.05, 0) is 20.8 Å². The van der Waals surface area contributed by atoms with Gasteiger partial charge in [0.05, 0.1) is 0 Å². The average molecular weight is 646 g/mol. The monoisotopic (exact) mass is 648 g/mol. The first-order chi connectivity index (χ1) is 15.0. The summed E-state index contributed by atoms with van der Waals surface area (Å²) < 4.78 is 139. The Bertz CT molecular complexity index is 577. The Balaban J connectivity index is -0.000000195. The average Bonchev–Trinajstić information content (AvgIpc) is 2.46. The van der Waals surface area contributed by atoms with E-state index in [2.05, 4.69) is 49.4 Å². The van der Waals surface area contributed by atoms with Crippen LogP contribution in [0.15, 0.2) is 3.50 Å². The third-order valence-electron chi connectivity index (χ3n) is 1.97. The van der Waals surface area contributed by atoms with E-state index in [1.54, 1.807) is 0 Å². The van der Waals surface area contributed by atoms with E-state index in [0.29, 0.717) is 5.41 Å². The zero-order valence-electron chi connectivity index (χ0n) is 21.1. The molecule has 0 amide bonds. The van der Waals surface area contributed by atoms with Crippen molar-refractivity contribution in [3.05, 3.63) is 0 Å². The molecule has 0 saturated carbocycles. The minimum absolute atomic E-state index is 0. The van der Waals surface area contributed by atoms with E-state index in [0.717, 1.165) is 0 Å². The summed E-state index contributed by atoms with van der Waals surface area (Å²) in [4.78, 5) is 0. The minimum atomic E-state index is -5.63. The maximum absolute atomic E-state index is 11.0. The summed E-state index contributed by atoms with van der Waals surface area (Å²) >= 11 is -0.222. The van der Waals surface area contributed by atoms with E-state index in [1.165, 1.54) is 0 Å². The van der Waals surface area contributed by atoms with E-state index < -0.39 is 36.9 Å². The number of nitrogens with zero attached hydrogens (tertiary/aromatic N) is 1. The van der Waals surface area contributed by atoms with Crippen LogP contribution in [-0.4, -0.2) is 62.6 Å². The molecular formula is C19H34F12MoN2O2. The Morgan fingerprint density at radius 2 is 0.778 bits per heavy atom. The second-order valence-electron chi connectivity index (χ2n) is 10.2. The van der Waals surface area contributed by atoms with Gasteiger partial charge in [-0.1, -0.05) is 0 Å². The van der Waals surface area contributed by atoms with Crippen LogP contribution < -0.4 is 5.73 Å². The van der Waals surface area contributed by atoms with Crippen molar-refractivity contribution in [1.29, 1.82) is 0 Å². The summed E-state index contributed by atoms with van der Waals surface area (Å²) in [5.74, 6) is 0. The smallest absolute Gasteiger partial charge is 0.377 e. The van der Waals surface area contributed by atoms with Crippen molar-refractivity contribution in [2.24, 2.45) is 14.6 Å². The van der Waals surface area contributed by atoms with Gasteiger partial charge in [-0.3, -0.25) is 0 Å². The number of aliphatic hydroxyl groups excluding tert-OH is 2. The van der Waals surface area contributed by atoms with E-state index >= 15 is 0 Å². The van der Waals surface area contributed by atoms with Crippen LogP contribution >= 0.6 is 0 Å². The molecule has 0 aromatic rings. The molecule has 0 aliphatic carbocycles. The van der Waals surface area contributed by atoms with Gasteiger partial charge in [-0.2, -0.15) is 52.7 Å². The molecule has 36 heavy (non-hydrogen) atoms. The van der Waals surface area contributed by atoms with Gasteiger partial charge >= 0.3 is 103 Å². The Labute approximate surface area is 210 Å². The molecule has 0 bridgehead atoms. The normalized spacial score (nSPS) is 13.5. The summed E-state index contributed by atoms with van der Waals surface area (Å²) in [6, 6.07) is 0. The van der Waals surface area contributed by atoms with Crippen LogP contribution in [0.2, 0.25) is 0 Å². The second kappa shape index (κ2) is 15.1. The van der Waals surface area contributed by atoms with Gasteiger partial charge in [0.25, 0.3) is 0 Å². The Morgan fingerprint density at radius 3 is 0.861 bits per heavy atom. The number of hydrogen-bond donors (Lipinski definition) is 3. The molecule has 0 aromatic heterocycles. The Kier molecular flexibility index (Phi) is 17.8. The van der Waals surface area contributed by atoms with Crippen LogP contribution in [0.3, 0.4) is 0 Å². The van der Waals surface area contributed by atoms with Gasteiger partial charge in [-0.15, -0.1) is 0 Å². The maximum atomic E-state index is 11.0. The summed E-state index contributed by atoms with van der Waals surface area (Å²) in [5.41, 5.74) is 5.88. The molecule has 0 heterocycles. The van der Waals surface area contributed by atoms with Crippen molar-refractivity contribution in [2.45, 2.75) is 110 Å². The van der Waals surface area contributed by atoms with Gasteiger partial charge in [0.1, 0.15) is 0 Å². The van der Waals surface area contributed by atoms with Crippen LogP contribution in [0.4, 0.5) is 52.7 Å². The predicted molar refractivity (Wildman–Crippen MR) is 108 cm³/mol. The molecule has 0 atom stereocenters. The van der Waals surface area contributed by atoms with Crippen molar-refractivity contribution in [3.8, 4) is 0 Å². The van der Waals surface area contributed by atoms with E-state index in [1.807, 2.05) is 20.8 Å². The fourth-order valence-electron chi connectivity index (χ4n) is 0.714. The number of aliphatic hydroxyl groups is 2. The summed E-state index contributed by atoms with van der Waals surface area (Å²) in [6.07, 6.45) is -31.0. The third kappa shape index (κ3) is 35.6. The van der Waals surface area contributed by atoms with E-state index in [-0.39, 0.29) is 29.0 Å². The molecule has 4 N–H and O–H groups in total. The van der Waals surface area contributed by atoms with Crippen LogP contribution in [0.25, 0.3) is 0 Å². The zero-order chi connectivity index (χ0) is 30.8. The molecule has 0 aliphatic rings. The Hall–Kier alpha value is -0.602. The number of nitrogens with two attached hydrogens (primary N) is 1. The van der Waals surface area contributed by atoms with Crippen molar-refractivity contribution in [3.63, 3.8) is 0 Å². The minimum Gasteiger partial charge on any atom is -0.377 e. The molecule has 222 valence electrons. The van der Waals surface area contributed by atoms with Crippen molar-refractivity contribution in [1.82, 2.24) is 0 Å². The second-order valence-corrected chi connectivity index (χ2v) is 11.7. The summed E-state index contributed by atoms with van der Waals surface area (Å²) in [7, 11) is 0. The van der Waals surface area contributed by atoms with E-state index in [9.17, 15) is 52.7 Å². The molecule has 0 spiro atoms. The molecule has 0 unspecified atom stereocenters. The summed E-state index contributed by atoms with van der Waals surface area (Å²) in [5, 5.41) is 14.9. The molecule has 0 rings (SSSR count). The van der Waals surface area contributed by atoms with Gasteiger partial charge in [-0.25, -0.2) is 0 Å². The molecule has 4 nitrogen and oxygen atoms in total. The molecule has 0 radical (unpaired) electrons. The fraction of sp³-hybridized carbons (Fsp3) is 0.947. The van der Waals surface area contributed by atoms with Crippen molar-refractivity contribution < 1.29 is 80.8 Å². The SMILES string of the molecule is CC(C)(C)N.CC(C)(C)[CH]=[Mo]=[N]C(C)(C)C.OC(C(F)(F)F)C(F)(F)F.OC(C(F)(F)F)C(F)(F)F. The van der Waals surface area contributed by atoms with Crippen molar-refractivity contribution >= 4 is 4.40 Å². The van der Waals surface area contributed by atoms with Gasteiger partial charge < -0.3 is 15.9 Å². The number of halogens is 12. The molecule has 0 saturated heterocycles. The molecule has 0 fully saturated rings. The first-order valence-electron chi connectivity index (χ1n) is 9.66. The number of rotatable bonds is 0. The predicted octanol–water partition coefficient (Wildman–Crippen LogP) is 6.59. The fourth-order valence-corrected chi connectivity index (χ4v) is 2.40. The molecule has 0 aromatic carbocycles. The van der Waals surface area contributed by atoms with Crippen LogP contribution in [0.5, 0.6) is 0 Å². The summed E-state index contributed by atoms with van der Waals surface area (Å²) in [6.45, 7) is 19.1. The molecular weight excluding hydrogens is 612 g/mol. The maximum Gasteiger partial charge on any atom is 0.423 e. The van der Waals surface area contributed by atoms with E-state index in [4.69, 9.17) is 15.9 Å². The zero-order valence-corrected chi connectivity index (χ0v) is 23.1. The number of hydrogen-bond acceptors (Lipinski definition) is 4. The van der Waals surface area contributed by atoms with Crippen molar-refractivity contribution in [2.75, 3.05) is 0 Å². The first kappa shape index (κ1) is 42.5. The number of alkyl halides is 12. The van der Waals surface area contributed by atoms with Crippen LogP contribution in [-0.2, 0) is 17.9 Å². The van der Waals surface area contributed by atoms with Gasteiger partial charge in [0.15, 0.2) is 0 Å². The standard InChI is InChI=1S/C5H10.C4H11N.C4H9N.2C3H2F6O.Mo/c1-5(2,3)4;2*1-4(2,3)5;2*4-2(5,6)1(10)3(7,8)9;/h1H,2-4H3;5H2,1-3H3;1-3H3;2*1,10H;. The third-order valence-corrected chi connectivity index (χ3v) is 5.58. The molecule has 0 aliphatic heterocycles. The molecule has 17 heteroatoms. The topological polar surface area (TPSA) is 78.8 Å². The van der Waals surface area contributed by atoms with Gasteiger partial charge in [0.2, 0.25) is 12.2 Å². The largest absolute Gasteiger partial charge is 0.423 e. The Morgan fingerprint density at radius 1 is 0.583 bits per heavy atom.